The van der Waals surface area contributed by atoms with Crippen molar-refractivity contribution in [3.05, 3.63) is 52.9 Å². The van der Waals surface area contributed by atoms with Crippen molar-refractivity contribution in [1.29, 1.82) is 0 Å². The minimum Gasteiger partial charge on any atom is -0.344 e. The van der Waals surface area contributed by atoms with Crippen LogP contribution in [0.15, 0.2) is 24.3 Å². The van der Waals surface area contributed by atoms with E-state index in [-0.39, 0.29) is 35.9 Å². The molecule has 2 aromatic rings. The Morgan fingerprint density at radius 3 is 2.47 bits per heavy atom. The Labute approximate surface area is 185 Å². The summed E-state index contributed by atoms with van der Waals surface area (Å²) in [6.45, 7) is 4.84. The summed E-state index contributed by atoms with van der Waals surface area (Å²) >= 11 is 0. The van der Waals surface area contributed by atoms with Gasteiger partial charge in [0.05, 0.1) is 6.42 Å². The monoisotopic (exact) mass is 439 g/mol. The van der Waals surface area contributed by atoms with Crippen LogP contribution < -0.4 is 10.6 Å². The van der Waals surface area contributed by atoms with E-state index in [4.69, 9.17) is 0 Å². The van der Waals surface area contributed by atoms with Gasteiger partial charge in [-0.25, -0.2) is 14.4 Å². The van der Waals surface area contributed by atoms with Gasteiger partial charge in [-0.3, -0.25) is 14.4 Å². The minimum atomic E-state index is -0.423. The summed E-state index contributed by atoms with van der Waals surface area (Å²) < 4.78 is 13.0. The van der Waals surface area contributed by atoms with Crippen LogP contribution in [0.5, 0.6) is 0 Å². The zero-order chi connectivity index (χ0) is 22.8. The fraction of sp³-hybridized carbons (Fsp3) is 0.435. The Bertz CT molecular complexity index is 1030. The van der Waals surface area contributed by atoms with Crippen molar-refractivity contribution in [2.24, 2.45) is 0 Å². The molecule has 0 bridgehead atoms. The van der Waals surface area contributed by atoms with E-state index in [1.54, 1.807) is 4.90 Å². The second-order valence-electron chi connectivity index (χ2n) is 8.39. The van der Waals surface area contributed by atoms with E-state index in [2.05, 4.69) is 20.6 Å². The first-order chi connectivity index (χ1) is 15.3. The lowest BCUT2D eigenvalue weighted by atomic mass is 10.0. The molecule has 0 unspecified atom stereocenters. The van der Waals surface area contributed by atoms with E-state index in [0.29, 0.717) is 37.4 Å². The molecule has 2 fully saturated rings. The normalized spacial score (nSPS) is 20.3. The van der Waals surface area contributed by atoms with Crippen LogP contribution in [0.2, 0.25) is 0 Å². The molecule has 4 rings (SSSR count). The van der Waals surface area contributed by atoms with Crippen LogP contribution in [-0.4, -0.2) is 51.7 Å². The van der Waals surface area contributed by atoms with Crippen LogP contribution in [0.25, 0.3) is 0 Å². The Kier molecular flexibility index (Phi) is 6.16. The molecule has 32 heavy (non-hydrogen) atoms. The fourth-order valence-corrected chi connectivity index (χ4v) is 4.29. The molecule has 168 valence electrons. The number of hydrogen-bond donors (Lipinski definition) is 2. The molecule has 0 saturated carbocycles. The van der Waals surface area contributed by atoms with Crippen LogP contribution in [0.1, 0.15) is 48.0 Å². The van der Waals surface area contributed by atoms with E-state index < -0.39 is 6.04 Å². The van der Waals surface area contributed by atoms with Gasteiger partial charge in [0.2, 0.25) is 17.7 Å². The van der Waals surface area contributed by atoms with E-state index in [9.17, 15) is 18.8 Å². The molecule has 0 aliphatic carbocycles. The lowest BCUT2D eigenvalue weighted by Crippen LogP contribution is -2.43. The highest BCUT2D eigenvalue weighted by Crippen LogP contribution is 2.27. The van der Waals surface area contributed by atoms with Gasteiger partial charge in [0, 0.05) is 48.1 Å². The molecule has 2 N–H and O–H groups in total. The third-order valence-corrected chi connectivity index (χ3v) is 6.06. The van der Waals surface area contributed by atoms with Crippen molar-refractivity contribution in [2.75, 3.05) is 18.4 Å². The topological polar surface area (TPSA) is 104 Å². The van der Waals surface area contributed by atoms with Crippen LogP contribution in [0.3, 0.4) is 0 Å². The number of likely N-dealkylation sites (tertiary alicyclic amines) is 1. The van der Waals surface area contributed by atoms with E-state index in [0.717, 1.165) is 23.4 Å². The van der Waals surface area contributed by atoms with Crippen molar-refractivity contribution >= 4 is 23.4 Å². The molecule has 0 spiro atoms. The van der Waals surface area contributed by atoms with Crippen molar-refractivity contribution in [1.82, 2.24) is 20.2 Å². The van der Waals surface area contributed by atoms with Crippen molar-refractivity contribution in [2.45, 2.75) is 51.5 Å². The summed E-state index contributed by atoms with van der Waals surface area (Å²) in [6, 6.07) is 5.18. The number of aryl methyl sites for hydroxylation is 2. The first kappa shape index (κ1) is 21.9. The van der Waals surface area contributed by atoms with Gasteiger partial charge in [0.1, 0.15) is 17.7 Å². The van der Waals surface area contributed by atoms with Crippen molar-refractivity contribution in [3.8, 4) is 0 Å². The van der Waals surface area contributed by atoms with Crippen LogP contribution >= 0.6 is 0 Å². The highest BCUT2D eigenvalue weighted by Gasteiger charge is 2.36. The van der Waals surface area contributed by atoms with Gasteiger partial charge in [0.25, 0.3) is 0 Å². The standard InChI is InChI=1S/C23H26FN5O3/c1-13-18(11-21(31)27-17-5-3-16(24)4-6-17)14(2)26-22(25-13)15-9-10-29(12-15)23(32)19-7-8-20(30)28-19/h3-6,15,19H,7-12H2,1-2H3,(H,27,31)(H,28,30)/t15-,19-/m0/s1. The van der Waals surface area contributed by atoms with Gasteiger partial charge in [0.15, 0.2) is 0 Å². The SMILES string of the molecule is Cc1nc([C@H]2CCN(C(=O)[C@@H]3CCC(=O)N3)C2)nc(C)c1CC(=O)Nc1ccc(F)cc1. The lowest BCUT2D eigenvalue weighted by Gasteiger charge is -2.20. The number of carbonyl (C=O) groups is 3. The quantitative estimate of drug-likeness (QED) is 0.742. The van der Waals surface area contributed by atoms with Gasteiger partial charge in [-0.05, 0) is 51.0 Å². The summed E-state index contributed by atoms with van der Waals surface area (Å²) in [4.78, 5) is 47.6. The number of halogens is 1. The van der Waals surface area contributed by atoms with Crippen molar-refractivity contribution < 1.29 is 18.8 Å². The molecule has 2 aliphatic heterocycles. The van der Waals surface area contributed by atoms with Gasteiger partial charge >= 0.3 is 0 Å². The first-order valence-corrected chi connectivity index (χ1v) is 10.8. The molecule has 2 aliphatic rings. The Morgan fingerprint density at radius 1 is 1.16 bits per heavy atom. The number of amides is 3. The number of benzene rings is 1. The average molecular weight is 439 g/mol. The maximum absolute atomic E-state index is 13.0. The number of nitrogens with one attached hydrogen (secondary N) is 2. The Morgan fingerprint density at radius 2 is 1.84 bits per heavy atom. The third kappa shape index (κ3) is 4.76. The molecule has 8 nitrogen and oxygen atoms in total. The zero-order valence-corrected chi connectivity index (χ0v) is 18.2. The molecular weight excluding hydrogens is 413 g/mol. The van der Waals surface area contributed by atoms with Crippen molar-refractivity contribution in [3.63, 3.8) is 0 Å². The van der Waals surface area contributed by atoms with Crippen LogP contribution in [0.4, 0.5) is 10.1 Å². The zero-order valence-electron chi connectivity index (χ0n) is 18.2. The molecular formula is C23H26FN5O3. The number of nitrogens with zero attached hydrogens (tertiary/aromatic N) is 3. The number of anilines is 1. The second-order valence-corrected chi connectivity index (χ2v) is 8.39. The molecule has 1 aromatic heterocycles. The highest BCUT2D eigenvalue weighted by atomic mass is 19.1. The summed E-state index contributed by atoms with van der Waals surface area (Å²) in [7, 11) is 0. The predicted molar refractivity (Wildman–Crippen MR) is 115 cm³/mol. The molecule has 1 aromatic carbocycles. The van der Waals surface area contributed by atoms with Gasteiger partial charge in [-0.2, -0.15) is 0 Å². The summed E-state index contributed by atoms with van der Waals surface area (Å²) in [5.74, 6) is -0.00753. The summed E-state index contributed by atoms with van der Waals surface area (Å²) in [6.07, 6.45) is 1.81. The molecule has 3 amide bonds. The smallest absolute Gasteiger partial charge is 0.245 e. The third-order valence-electron chi connectivity index (χ3n) is 6.06. The maximum Gasteiger partial charge on any atom is 0.245 e. The predicted octanol–water partition coefficient (Wildman–Crippen LogP) is 2.01. The van der Waals surface area contributed by atoms with E-state index in [1.807, 2.05) is 13.8 Å². The van der Waals surface area contributed by atoms with Gasteiger partial charge < -0.3 is 15.5 Å². The minimum absolute atomic E-state index is 0.0237. The highest BCUT2D eigenvalue weighted by molar-refractivity contribution is 5.92. The largest absolute Gasteiger partial charge is 0.344 e. The lowest BCUT2D eigenvalue weighted by molar-refractivity contribution is -0.133. The number of rotatable bonds is 5. The Hall–Kier alpha value is -3.36. The van der Waals surface area contributed by atoms with E-state index >= 15 is 0 Å². The second kappa shape index (κ2) is 9.02. The maximum atomic E-state index is 13.0. The average Bonchev–Trinajstić information content (AvgIpc) is 3.41. The van der Waals surface area contributed by atoms with Gasteiger partial charge in [-0.15, -0.1) is 0 Å². The molecule has 0 radical (unpaired) electrons. The number of aromatic nitrogens is 2. The summed E-state index contributed by atoms with van der Waals surface area (Å²) in [5.41, 5.74) is 2.75. The summed E-state index contributed by atoms with van der Waals surface area (Å²) in [5, 5.41) is 5.49. The Balaban J connectivity index is 1.40. The molecule has 3 heterocycles. The number of carbonyl (C=O) groups excluding carboxylic acids is 3. The molecule has 2 saturated heterocycles. The van der Waals surface area contributed by atoms with Crippen LogP contribution in [-0.2, 0) is 20.8 Å². The van der Waals surface area contributed by atoms with Crippen LogP contribution in [0, 0.1) is 19.7 Å². The number of hydrogen-bond acceptors (Lipinski definition) is 5. The first-order valence-electron chi connectivity index (χ1n) is 10.8. The molecule has 2 atom stereocenters. The van der Waals surface area contributed by atoms with Gasteiger partial charge in [-0.1, -0.05) is 0 Å². The van der Waals surface area contributed by atoms with E-state index in [1.165, 1.54) is 24.3 Å². The molecule has 9 heteroatoms. The fourth-order valence-electron chi connectivity index (χ4n) is 4.29.